The SMILES string of the molecule is COc1cccc(CNC(=O)c2ccc(Oc3ncc(-c4ccccc4C)cn3)cc2)c1. The summed E-state index contributed by atoms with van der Waals surface area (Å²) in [5.41, 5.74) is 4.67. The number of carbonyl (C=O) groups excluding carboxylic acids is 1. The number of ether oxygens (including phenoxy) is 2. The number of nitrogens with one attached hydrogen (secondary N) is 1. The van der Waals surface area contributed by atoms with Gasteiger partial charge in [-0.05, 0) is 60.0 Å². The minimum Gasteiger partial charge on any atom is -0.497 e. The van der Waals surface area contributed by atoms with Gasteiger partial charge >= 0.3 is 6.01 Å². The Morgan fingerprint density at radius 1 is 0.906 bits per heavy atom. The molecule has 160 valence electrons. The highest BCUT2D eigenvalue weighted by Crippen LogP contribution is 2.24. The average Bonchev–Trinajstić information content (AvgIpc) is 2.84. The van der Waals surface area contributed by atoms with E-state index in [4.69, 9.17) is 9.47 Å². The number of nitrogens with zero attached hydrogens (tertiary/aromatic N) is 2. The molecule has 0 aliphatic carbocycles. The van der Waals surface area contributed by atoms with Gasteiger partial charge < -0.3 is 14.8 Å². The van der Waals surface area contributed by atoms with Crippen LogP contribution >= 0.6 is 0 Å². The number of aromatic nitrogens is 2. The lowest BCUT2D eigenvalue weighted by Gasteiger charge is -2.09. The molecule has 1 aromatic heterocycles. The molecule has 6 nitrogen and oxygen atoms in total. The summed E-state index contributed by atoms with van der Waals surface area (Å²) in [6, 6.07) is 22.8. The second kappa shape index (κ2) is 9.75. The maximum atomic E-state index is 12.4. The van der Waals surface area contributed by atoms with Crippen molar-refractivity contribution in [1.82, 2.24) is 15.3 Å². The summed E-state index contributed by atoms with van der Waals surface area (Å²) < 4.78 is 10.9. The molecule has 0 bridgehead atoms. The molecule has 0 fully saturated rings. The highest BCUT2D eigenvalue weighted by atomic mass is 16.5. The Labute approximate surface area is 186 Å². The molecule has 0 saturated carbocycles. The Kier molecular flexibility index (Phi) is 6.41. The Morgan fingerprint density at radius 2 is 1.66 bits per heavy atom. The monoisotopic (exact) mass is 425 g/mol. The first-order valence-electron chi connectivity index (χ1n) is 10.2. The molecule has 1 N–H and O–H groups in total. The Morgan fingerprint density at radius 3 is 2.38 bits per heavy atom. The molecule has 0 aliphatic heterocycles. The normalized spacial score (nSPS) is 10.4. The smallest absolute Gasteiger partial charge is 0.321 e. The van der Waals surface area contributed by atoms with Crippen LogP contribution in [-0.4, -0.2) is 23.0 Å². The van der Waals surface area contributed by atoms with E-state index in [0.717, 1.165) is 28.0 Å². The van der Waals surface area contributed by atoms with Gasteiger partial charge in [0, 0.05) is 30.1 Å². The molecule has 0 saturated heterocycles. The van der Waals surface area contributed by atoms with Crippen molar-refractivity contribution in [3.8, 4) is 28.6 Å². The quantitative estimate of drug-likeness (QED) is 0.441. The van der Waals surface area contributed by atoms with Crippen LogP contribution in [0.2, 0.25) is 0 Å². The summed E-state index contributed by atoms with van der Waals surface area (Å²) >= 11 is 0. The molecule has 1 amide bonds. The molecule has 32 heavy (non-hydrogen) atoms. The first-order chi connectivity index (χ1) is 15.6. The van der Waals surface area contributed by atoms with Gasteiger partial charge in [-0.15, -0.1) is 0 Å². The Balaban J connectivity index is 1.36. The largest absolute Gasteiger partial charge is 0.497 e. The van der Waals surface area contributed by atoms with E-state index in [9.17, 15) is 4.79 Å². The molecule has 4 rings (SSSR count). The van der Waals surface area contributed by atoms with Crippen LogP contribution in [0.5, 0.6) is 17.5 Å². The van der Waals surface area contributed by atoms with Crippen molar-refractivity contribution in [2.24, 2.45) is 0 Å². The van der Waals surface area contributed by atoms with E-state index in [2.05, 4.69) is 15.3 Å². The first kappa shape index (κ1) is 21.1. The first-order valence-corrected chi connectivity index (χ1v) is 10.2. The maximum Gasteiger partial charge on any atom is 0.321 e. The summed E-state index contributed by atoms with van der Waals surface area (Å²) in [7, 11) is 1.62. The van der Waals surface area contributed by atoms with E-state index < -0.39 is 0 Å². The van der Waals surface area contributed by atoms with E-state index in [0.29, 0.717) is 17.9 Å². The van der Waals surface area contributed by atoms with Gasteiger partial charge in [-0.2, -0.15) is 0 Å². The summed E-state index contributed by atoms with van der Waals surface area (Å²) in [6.45, 7) is 2.46. The van der Waals surface area contributed by atoms with Crippen LogP contribution in [0.1, 0.15) is 21.5 Å². The highest BCUT2D eigenvalue weighted by molar-refractivity contribution is 5.94. The number of benzene rings is 3. The number of methoxy groups -OCH3 is 1. The van der Waals surface area contributed by atoms with Crippen molar-refractivity contribution >= 4 is 5.91 Å². The predicted octanol–water partition coefficient (Wildman–Crippen LogP) is 5.18. The average molecular weight is 425 g/mol. The summed E-state index contributed by atoms with van der Waals surface area (Å²) in [6.07, 6.45) is 3.48. The van der Waals surface area contributed by atoms with Crippen molar-refractivity contribution in [2.45, 2.75) is 13.5 Å². The van der Waals surface area contributed by atoms with Crippen LogP contribution < -0.4 is 14.8 Å². The Bertz CT molecular complexity index is 1210. The van der Waals surface area contributed by atoms with Crippen molar-refractivity contribution in [3.05, 3.63) is 102 Å². The van der Waals surface area contributed by atoms with Gasteiger partial charge in [0.1, 0.15) is 11.5 Å². The maximum absolute atomic E-state index is 12.4. The molecule has 0 atom stereocenters. The van der Waals surface area contributed by atoms with E-state index in [1.54, 1.807) is 43.8 Å². The number of aryl methyl sites for hydroxylation is 1. The van der Waals surface area contributed by atoms with Crippen LogP contribution in [0.3, 0.4) is 0 Å². The summed E-state index contributed by atoms with van der Waals surface area (Å²) in [5, 5.41) is 2.90. The molecule has 0 unspecified atom stereocenters. The standard InChI is InChI=1S/C26H23N3O3/c1-18-6-3-4-9-24(18)21-16-28-26(29-17-21)32-22-12-10-20(11-13-22)25(30)27-15-19-7-5-8-23(14-19)31-2/h3-14,16-17H,15H2,1-2H3,(H,27,30). The van der Waals surface area contributed by atoms with Crippen molar-refractivity contribution < 1.29 is 14.3 Å². The third kappa shape index (κ3) is 5.10. The molecule has 1 heterocycles. The summed E-state index contributed by atoms with van der Waals surface area (Å²) in [5.74, 6) is 1.14. The zero-order chi connectivity index (χ0) is 22.3. The molecule has 4 aromatic rings. The van der Waals surface area contributed by atoms with E-state index in [1.165, 1.54) is 0 Å². The van der Waals surface area contributed by atoms with E-state index in [-0.39, 0.29) is 11.9 Å². The number of amides is 1. The minimum atomic E-state index is -0.168. The number of carbonyl (C=O) groups is 1. The number of hydrogen-bond acceptors (Lipinski definition) is 5. The predicted molar refractivity (Wildman–Crippen MR) is 123 cm³/mol. The third-order valence-electron chi connectivity index (χ3n) is 5.00. The van der Waals surface area contributed by atoms with Crippen LogP contribution in [0.25, 0.3) is 11.1 Å². The topological polar surface area (TPSA) is 73.3 Å². The fraction of sp³-hybridized carbons (Fsp3) is 0.115. The fourth-order valence-electron chi connectivity index (χ4n) is 3.25. The van der Waals surface area contributed by atoms with Crippen LogP contribution in [0, 0.1) is 6.92 Å². The van der Waals surface area contributed by atoms with E-state index >= 15 is 0 Å². The van der Waals surface area contributed by atoms with E-state index in [1.807, 2.05) is 55.5 Å². The molecule has 0 spiro atoms. The van der Waals surface area contributed by atoms with Crippen molar-refractivity contribution in [3.63, 3.8) is 0 Å². The van der Waals surface area contributed by atoms with Gasteiger partial charge in [0.05, 0.1) is 7.11 Å². The van der Waals surface area contributed by atoms with Crippen molar-refractivity contribution in [1.29, 1.82) is 0 Å². The zero-order valence-corrected chi connectivity index (χ0v) is 17.9. The van der Waals surface area contributed by atoms with Gasteiger partial charge in [-0.1, -0.05) is 36.4 Å². The summed E-state index contributed by atoms with van der Waals surface area (Å²) in [4.78, 5) is 21.0. The van der Waals surface area contributed by atoms with Gasteiger partial charge in [0.15, 0.2) is 0 Å². The Hall–Kier alpha value is -4.19. The molecule has 6 heteroatoms. The third-order valence-corrected chi connectivity index (χ3v) is 5.00. The van der Waals surface area contributed by atoms with Gasteiger partial charge in [-0.3, -0.25) is 4.79 Å². The minimum absolute atomic E-state index is 0.168. The van der Waals surface area contributed by atoms with Crippen LogP contribution in [0.4, 0.5) is 0 Å². The van der Waals surface area contributed by atoms with Crippen molar-refractivity contribution in [2.75, 3.05) is 7.11 Å². The second-order valence-corrected chi connectivity index (χ2v) is 7.23. The van der Waals surface area contributed by atoms with Gasteiger partial charge in [0.25, 0.3) is 5.91 Å². The lowest BCUT2D eigenvalue weighted by atomic mass is 10.0. The number of hydrogen-bond donors (Lipinski definition) is 1. The molecule has 0 radical (unpaired) electrons. The van der Waals surface area contributed by atoms with Gasteiger partial charge in [-0.25, -0.2) is 9.97 Å². The lowest BCUT2D eigenvalue weighted by molar-refractivity contribution is 0.0951. The zero-order valence-electron chi connectivity index (χ0n) is 17.9. The fourth-order valence-corrected chi connectivity index (χ4v) is 3.25. The second-order valence-electron chi connectivity index (χ2n) is 7.23. The molecular weight excluding hydrogens is 402 g/mol. The van der Waals surface area contributed by atoms with Gasteiger partial charge in [0.2, 0.25) is 0 Å². The highest BCUT2D eigenvalue weighted by Gasteiger charge is 2.08. The van der Waals surface area contributed by atoms with Crippen LogP contribution in [-0.2, 0) is 6.54 Å². The van der Waals surface area contributed by atoms with Crippen LogP contribution in [0.15, 0.2) is 85.2 Å². The number of rotatable bonds is 7. The lowest BCUT2D eigenvalue weighted by Crippen LogP contribution is -2.22. The molecule has 0 aliphatic rings. The molecule has 3 aromatic carbocycles. The molecular formula is C26H23N3O3.